The van der Waals surface area contributed by atoms with Crippen molar-refractivity contribution in [3.05, 3.63) is 71.8 Å². The van der Waals surface area contributed by atoms with E-state index in [-0.39, 0.29) is 36.4 Å². The van der Waals surface area contributed by atoms with Crippen molar-refractivity contribution < 1.29 is 9.53 Å². The van der Waals surface area contributed by atoms with Gasteiger partial charge in [-0.3, -0.25) is 4.79 Å². The van der Waals surface area contributed by atoms with E-state index in [1.807, 2.05) is 60.4 Å². The molecule has 1 aliphatic rings. The van der Waals surface area contributed by atoms with E-state index in [0.29, 0.717) is 25.6 Å². The lowest BCUT2D eigenvalue weighted by Gasteiger charge is -2.23. The second-order valence-electron chi connectivity index (χ2n) is 8.17. The molecule has 1 atom stereocenters. The molecule has 33 heavy (non-hydrogen) atoms. The summed E-state index contributed by atoms with van der Waals surface area (Å²) in [6, 6.07) is 20.4. The molecule has 1 heterocycles. The van der Waals surface area contributed by atoms with Gasteiger partial charge in [0.2, 0.25) is 5.91 Å². The van der Waals surface area contributed by atoms with Gasteiger partial charge in [0.1, 0.15) is 6.54 Å². The van der Waals surface area contributed by atoms with Crippen LogP contribution in [0.3, 0.4) is 0 Å². The average Bonchev–Trinajstić information content (AvgIpc) is 3.30. The van der Waals surface area contributed by atoms with E-state index < -0.39 is 0 Å². The number of likely N-dealkylation sites (tertiary alicyclic amines) is 1. The van der Waals surface area contributed by atoms with Gasteiger partial charge in [0.25, 0.3) is 0 Å². The second kappa shape index (κ2) is 14.9. The predicted octanol–water partition coefficient (Wildman–Crippen LogP) is 4.16. The van der Waals surface area contributed by atoms with Crippen LogP contribution >= 0.6 is 24.0 Å². The molecule has 0 bridgehead atoms. The molecular formula is C26H37IN4O2. The van der Waals surface area contributed by atoms with Gasteiger partial charge in [-0.15, -0.1) is 24.0 Å². The van der Waals surface area contributed by atoms with E-state index >= 15 is 0 Å². The lowest BCUT2D eigenvalue weighted by atomic mass is 10.1. The Kier molecular flexibility index (Phi) is 12.2. The maximum absolute atomic E-state index is 12.8. The maximum Gasteiger partial charge on any atom is 0.244 e. The van der Waals surface area contributed by atoms with Crippen molar-refractivity contribution in [2.24, 2.45) is 10.9 Å². The summed E-state index contributed by atoms with van der Waals surface area (Å²) in [6.45, 7) is 9.51. The van der Waals surface area contributed by atoms with Crippen LogP contribution in [0.5, 0.6) is 0 Å². The molecule has 180 valence electrons. The lowest BCUT2D eigenvalue weighted by Crippen LogP contribution is -2.41. The van der Waals surface area contributed by atoms with E-state index in [0.717, 1.165) is 44.2 Å². The van der Waals surface area contributed by atoms with Crippen molar-refractivity contribution in [3.8, 4) is 0 Å². The van der Waals surface area contributed by atoms with Crippen LogP contribution in [0.1, 0.15) is 31.4 Å². The van der Waals surface area contributed by atoms with Crippen molar-refractivity contribution in [1.82, 2.24) is 15.1 Å². The van der Waals surface area contributed by atoms with Crippen LogP contribution in [-0.2, 0) is 22.7 Å². The highest BCUT2D eigenvalue weighted by Crippen LogP contribution is 2.17. The Balaban J connectivity index is 0.00000385. The second-order valence-corrected chi connectivity index (χ2v) is 8.17. The molecule has 1 N–H and O–H groups in total. The smallest absolute Gasteiger partial charge is 0.244 e. The number of halogens is 1. The number of amides is 1. The van der Waals surface area contributed by atoms with Crippen molar-refractivity contribution in [2.45, 2.75) is 33.4 Å². The first kappa shape index (κ1) is 27.1. The minimum absolute atomic E-state index is 0. The van der Waals surface area contributed by atoms with Crippen molar-refractivity contribution in [1.29, 1.82) is 0 Å². The van der Waals surface area contributed by atoms with Crippen molar-refractivity contribution >= 4 is 35.8 Å². The van der Waals surface area contributed by atoms with Gasteiger partial charge in [-0.2, -0.15) is 0 Å². The fourth-order valence-corrected chi connectivity index (χ4v) is 3.93. The maximum atomic E-state index is 12.8. The summed E-state index contributed by atoms with van der Waals surface area (Å²) >= 11 is 0. The number of rotatable bonds is 10. The molecule has 2 aromatic carbocycles. The number of guanidine groups is 1. The number of nitrogens with zero attached hydrogens (tertiary/aromatic N) is 3. The highest BCUT2D eigenvalue weighted by molar-refractivity contribution is 14.0. The molecule has 1 unspecified atom stereocenters. The molecule has 7 heteroatoms. The Morgan fingerprint density at radius 3 is 2.39 bits per heavy atom. The van der Waals surface area contributed by atoms with Crippen LogP contribution in [0.4, 0.5) is 0 Å². The topological polar surface area (TPSA) is 57.2 Å². The van der Waals surface area contributed by atoms with Gasteiger partial charge in [0.15, 0.2) is 5.96 Å². The molecule has 6 nitrogen and oxygen atoms in total. The van der Waals surface area contributed by atoms with E-state index in [1.54, 1.807) is 0 Å². The summed E-state index contributed by atoms with van der Waals surface area (Å²) in [6.07, 6.45) is 1.07. The highest BCUT2D eigenvalue weighted by Gasteiger charge is 2.25. The van der Waals surface area contributed by atoms with Crippen LogP contribution in [-0.4, -0.2) is 61.0 Å². The van der Waals surface area contributed by atoms with Crippen LogP contribution < -0.4 is 5.32 Å². The third kappa shape index (κ3) is 8.97. The third-order valence-electron chi connectivity index (χ3n) is 5.70. The monoisotopic (exact) mass is 564 g/mol. The lowest BCUT2D eigenvalue weighted by molar-refractivity contribution is -0.130. The van der Waals surface area contributed by atoms with Crippen LogP contribution in [0, 0.1) is 5.92 Å². The van der Waals surface area contributed by atoms with Crippen LogP contribution in [0.2, 0.25) is 0 Å². The number of nitrogens with one attached hydrogen (secondary N) is 1. The molecule has 2 aromatic rings. The van der Waals surface area contributed by atoms with Gasteiger partial charge in [-0.1, -0.05) is 60.7 Å². The SMILES string of the molecule is CCNC(=NCC(=O)N(CC)Cc1ccccc1)N1CCC(COCc2ccccc2)C1.I. The number of aliphatic imine (C=N–C) groups is 1. The molecule has 0 aliphatic carbocycles. The summed E-state index contributed by atoms with van der Waals surface area (Å²) in [5, 5.41) is 3.35. The number of likely N-dealkylation sites (N-methyl/N-ethyl adjacent to an activating group) is 1. The largest absolute Gasteiger partial charge is 0.376 e. The summed E-state index contributed by atoms with van der Waals surface area (Å²) in [4.78, 5) is 21.6. The first-order valence-corrected chi connectivity index (χ1v) is 11.7. The first-order chi connectivity index (χ1) is 15.7. The Hall–Kier alpha value is -2.13. The summed E-state index contributed by atoms with van der Waals surface area (Å²) in [5.74, 6) is 1.35. The summed E-state index contributed by atoms with van der Waals surface area (Å²) < 4.78 is 5.94. The molecular weight excluding hydrogens is 527 g/mol. The fraction of sp³-hybridized carbons (Fsp3) is 0.462. The molecule has 0 radical (unpaired) electrons. The average molecular weight is 565 g/mol. The number of carbonyl (C=O) groups is 1. The summed E-state index contributed by atoms with van der Waals surface area (Å²) in [5.41, 5.74) is 2.34. The van der Waals surface area contributed by atoms with Crippen LogP contribution in [0.15, 0.2) is 65.7 Å². The van der Waals surface area contributed by atoms with Gasteiger partial charge >= 0.3 is 0 Å². The number of hydrogen-bond donors (Lipinski definition) is 1. The van der Waals surface area contributed by atoms with Gasteiger partial charge in [-0.25, -0.2) is 4.99 Å². The molecule has 0 spiro atoms. The number of ether oxygens (including phenoxy) is 1. The zero-order valence-electron chi connectivity index (χ0n) is 19.8. The molecule has 0 saturated carbocycles. The minimum atomic E-state index is 0. The van der Waals surface area contributed by atoms with Crippen molar-refractivity contribution in [2.75, 3.05) is 39.3 Å². The molecule has 1 fully saturated rings. The number of carbonyl (C=O) groups excluding carboxylic acids is 1. The van der Waals surface area contributed by atoms with E-state index in [4.69, 9.17) is 4.74 Å². The molecule has 0 aromatic heterocycles. The zero-order valence-corrected chi connectivity index (χ0v) is 22.1. The Morgan fingerprint density at radius 1 is 1.09 bits per heavy atom. The Morgan fingerprint density at radius 2 is 1.76 bits per heavy atom. The number of hydrogen-bond acceptors (Lipinski definition) is 3. The quantitative estimate of drug-likeness (QED) is 0.268. The summed E-state index contributed by atoms with van der Waals surface area (Å²) in [7, 11) is 0. The minimum Gasteiger partial charge on any atom is -0.376 e. The molecule has 1 aliphatic heterocycles. The first-order valence-electron chi connectivity index (χ1n) is 11.7. The van der Waals surface area contributed by atoms with Gasteiger partial charge in [0.05, 0.1) is 13.2 Å². The van der Waals surface area contributed by atoms with E-state index in [2.05, 4.69) is 34.3 Å². The zero-order chi connectivity index (χ0) is 22.6. The van der Waals surface area contributed by atoms with Gasteiger partial charge < -0.3 is 19.9 Å². The Labute approximate surface area is 215 Å². The van der Waals surface area contributed by atoms with E-state index in [1.165, 1.54) is 5.56 Å². The van der Waals surface area contributed by atoms with Crippen LogP contribution in [0.25, 0.3) is 0 Å². The molecule has 1 saturated heterocycles. The number of benzene rings is 2. The third-order valence-corrected chi connectivity index (χ3v) is 5.70. The van der Waals surface area contributed by atoms with Gasteiger partial charge in [-0.05, 0) is 31.4 Å². The van der Waals surface area contributed by atoms with E-state index in [9.17, 15) is 4.79 Å². The van der Waals surface area contributed by atoms with Crippen molar-refractivity contribution in [3.63, 3.8) is 0 Å². The van der Waals surface area contributed by atoms with Gasteiger partial charge in [0, 0.05) is 38.6 Å². The normalized spacial score (nSPS) is 15.8. The highest BCUT2D eigenvalue weighted by atomic mass is 127. The predicted molar refractivity (Wildman–Crippen MR) is 145 cm³/mol. The fourth-order valence-electron chi connectivity index (χ4n) is 3.93. The Bertz CT molecular complexity index is 848. The standard InChI is InChI=1S/C26H36N4O2.HI/c1-3-27-26(28-17-25(31)29(4-2)18-22-11-7-5-8-12-22)30-16-15-24(19-30)21-32-20-23-13-9-6-10-14-23;/h5-14,24H,3-4,15-21H2,1-2H3,(H,27,28);1H. The molecule has 3 rings (SSSR count). The molecule has 1 amide bonds.